The number of nitrogens with two attached hydrogens (primary N) is 3. The number of fused-ring (bicyclic) bond motifs is 2. The predicted molar refractivity (Wildman–Crippen MR) is 248 cm³/mol. The van der Waals surface area contributed by atoms with Gasteiger partial charge in [-0.25, -0.2) is 53.4 Å². The van der Waals surface area contributed by atoms with Crippen LogP contribution in [0.25, 0.3) is 22.3 Å². The fraction of sp³-hybridized carbons (Fsp3) is 0.515. The predicted octanol–water partition coefficient (Wildman–Crippen LogP) is -0.831. The molecule has 1 aliphatic heterocycles. The van der Waals surface area contributed by atoms with Gasteiger partial charge >= 0.3 is 31.9 Å². The van der Waals surface area contributed by atoms with Gasteiger partial charge in [0.05, 0.1) is 19.5 Å². The Balaban J connectivity index is 1.26. The fourth-order valence-electron chi connectivity index (χ4n) is 6.33. The number of urea groups is 1. The Morgan fingerprint density at radius 1 is 0.903 bits per heavy atom. The Kier molecular flexibility index (Phi) is 19.8. The van der Waals surface area contributed by atoms with Gasteiger partial charge < -0.3 is 66.7 Å². The normalized spacial score (nSPS) is 18.9. The quantitative estimate of drug-likeness (QED) is 0.00962. The van der Waals surface area contributed by atoms with Crippen molar-refractivity contribution in [1.82, 2.24) is 71.4 Å². The number of nitrogens with one attached hydrogen (secondary N) is 7. The molecule has 8 atom stereocenters. The molecular weight excluding hydrogens is 1040 g/mol. The number of nitrogens with zero attached hydrogens (tertiary/aromatic N) is 9. The molecule has 35 nitrogen and oxygen atoms in total. The van der Waals surface area contributed by atoms with E-state index in [1.165, 1.54) is 10.9 Å². The first-order valence-corrected chi connectivity index (χ1v) is 26.1. The number of hydrogen-bond acceptors (Lipinski definition) is 26. The Hall–Kier alpha value is -6.88. The Labute approximate surface area is 415 Å². The van der Waals surface area contributed by atoms with Gasteiger partial charge in [0.15, 0.2) is 35.1 Å². The number of amides is 6. The van der Waals surface area contributed by atoms with E-state index in [-0.39, 0.29) is 53.3 Å². The van der Waals surface area contributed by atoms with Crippen LogP contribution in [-0.2, 0) is 56.1 Å². The average Bonchev–Trinajstić information content (AvgIpc) is 4.04. The number of carbonyl (C=O) groups excluding carboxylic acids is 6. The summed E-state index contributed by atoms with van der Waals surface area (Å²) in [5, 5.41) is 12.3. The van der Waals surface area contributed by atoms with Crippen molar-refractivity contribution in [3.63, 3.8) is 0 Å². The number of hydroxylamine groups is 1. The highest BCUT2D eigenvalue weighted by atomic mass is 32.7. The molecule has 1 saturated heterocycles. The summed E-state index contributed by atoms with van der Waals surface area (Å²) in [6.07, 6.45) is -4.66. The first-order chi connectivity index (χ1) is 34.1. The standard InChI is InChI=1S/C33H49N19O16P2S2/c1-15(2)19(48-18(53)9-46-50-37)29(55)47-16(5-4-6-38-31(36)56)28(54)49-66-32(57)39-7-8-62-33(58)65-23-22(67-70(60,72)68-52-14-45-21-25(35)41-12-43-27(21)52)17(10-63-69(59,71)61-3)64-30(23)51-13-44-20-24(34)40-11-42-26(20)51/h11-17,19,22-23,30H,4-10H2,1-3H3,(H2,37,46)(H,39,57)(H,47,55)(H,48,53)(H,49,54)(H,59,71)(H,60,72)(H2,34,40,42)(H2,35,41,43)(H3,36,38,56)/t16-,17+,19-,22+,23+,30+,69-,70?/m0/s1. The van der Waals surface area contributed by atoms with Gasteiger partial charge in [-0.3, -0.25) is 33.4 Å². The second kappa shape index (κ2) is 25.5. The zero-order valence-electron chi connectivity index (χ0n) is 37.9. The monoisotopic (exact) mass is 1090 g/mol. The van der Waals surface area contributed by atoms with Gasteiger partial charge in [0.25, 0.3) is 5.91 Å². The third-order valence-corrected chi connectivity index (χ3v) is 12.8. The molecule has 394 valence electrons. The molecule has 0 radical (unpaired) electrons. The first kappa shape index (κ1) is 56.0. The number of carbonyl (C=O) groups is 6. The summed E-state index contributed by atoms with van der Waals surface area (Å²) in [6, 6.07) is -3.37. The molecule has 6 amide bonds. The third-order valence-electron chi connectivity index (χ3n) is 9.61. The summed E-state index contributed by atoms with van der Waals surface area (Å²) in [5.74, 6) is -3.06. The van der Waals surface area contributed by atoms with E-state index in [0.29, 0.717) is 0 Å². The fourth-order valence-corrected chi connectivity index (χ4v) is 8.47. The molecule has 13 N–H and O–H groups in total. The SMILES string of the molecule is CO[P@](=O)(S)OC[C@H]1O[C@@H](n2cnc3c(N)ncnc32)[C@H](OC(=O)OCCNC(=O)ONC(=O)[C@H](CCCNC(N)=O)NC(=O)[C@@H](NC(=O)CNN=N)C(C)C)[C@@H]1OP(=O)(S)On1cnc2c(N)ncnc21. The van der Waals surface area contributed by atoms with Crippen molar-refractivity contribution < 1.29 is 75.1 Å². The van der Waals surface area contributed by atoms with Crippen molar-refractivity contribution in [3.05, 3.63) is 25.3 Å². The molecule has 0 aliphatic carbocycles. The molecule has 72 heavy (non-hydrogen) atoms. The topological polar surface area (TPSA) is 484 Å². The number of imidazole rings is 2. The van der Waals surface area contributed by atoms with Crippen LogP contribution in [0.5, 0.6) is 0 Å². The lowest BCUT2D eigenvalue weighted by Crippen LogP contribution is -2.56. The van der Waals surface area contributed by atoms with Gasteiger partial charge in [0.1, 0.15) is 61.9 Å². The second-order valence-electron chi connectivity index (χ2n) is 14.9. The number of anilines is 2. The highest BCUT2D eigenvalue weighted by Crippen LogP contribution is 2.56. The van der Waals surface area contributed by atoms with Crippen molar-refractivity contribution in [2.24, 2.45) is 16.9 Å². The van der Waals surface area contributed by atoms with Crippen LogP contribution >= 0.6 is 38.1 Å². The molecule has 5 rings (SSSR count). The van der Waals surface area contributed by atoms with E-state index >= 15 is 0 Å². The molecule has 5 heterocycles. The van der Waals surface area contributed by atoms with Crippen molar-refractivity contribution >= 4 is 108 Å². The third kappa shape index (κ3) is 15.6. The molecule has 1 fully saturated rings. The average molecular weight is 1090 g/mol. The zero-order chi connectivity index (χ0) is 52.8. The van der Waals surface area contributed by atoms with E-state index in [4.69, 9.17) is 60.0 Å². The second-order valence-corrected chi connectivity index (χ2v) is 20.7. The van der Waals surface area contributed by atoms with Gasteiger partial charge in [0.2, 0.25) is 17.5 Å². The van der Waals surface area contributed by atoms with Crippen LogP contribution in [0, 0.1) is 11.4 Å². The minimum Gasteiger partial charge on any atom is -0.432 e. The van der Waals surface area contributed by atoms with Gasteiger partial charge in [-0.2, -0.15) is 11.0 Å². The van der Waals surface area contributed by atoms with Crippen molar-refractivity contribution in [1.29, 1.82) is 5.53 Å². The van der Waals surface area contributed by atoms with Crippen LogP contribution < -0.4 is 54.0 Å². The Morgan fingerprint density at radius 2 is 1.58 bits per heavy atom. The van der Waals surface area contributed by atoms with Crippen LogP contribution in [0.4, 0.5) is 26.0 Å². The van der Waals surface area contributed by atoms with Gasteiger partial charge in [-0.15, -0.1) is 4.73 Å². The van der Waals surface area contributed by atoms with E-state index in [2.05, 4.69) is 86.3 Å². The van der Waals surface area contributed by atoms with Crippen LogP contribution in [0.2, 0.25) is 0 Å². The highest BCUT2D eigenvalue weighted by Gasteiger charge is 2.53. The van der Waals surface area contributed by atoms with E-state index in [1.54, 1.807) is 13.8 Å². The molecule has 0 saturated carbocycles. The molecular formula is C33H49N19O16P2S2. The van der Waals surface area contributed by atoms with E-state index in [1.807, 2.05) is 5.48 Å². The van der Waals surface area contributed by atoms with Crippen molar-refractivity contribution in [2.75, 3.05) is 51.4 Å². The lowest BCUT2D eigenvalue weighted by Gasteiger charge is -2.26. The Morgan fingerprint density at radius 3 is 2.25 bits per heavy atom. The lowest BCUT2D eigenvalue weighted by molar-refractivity contribution is -0.136. The molecule has 0 bridgehead atoms. The summed E-state index contributed by atoms with van der Waals surface area (Å²) in [5.41, 5.74) is 28.0. The van der Waals surface area contributed by atoms with Crippen LogP contribution in [0.15, 0.2) is 30.5 Å². The molecule has 0 spiro atoms. The number of primary amides is 1. The Bertz CT molecular complexity index is 2700. The minimum absolute atomic E-state index is 0.00140. The minimum atomic E-state index is -4.69. The largest absolute Gasteiger partial charge is 0.508 e. The van der Waals surface area contributed by atoms with E-state index in [9.17, 15) is 37.9 Å². The number of nitrogen functional groups attached to an aromatic ring is 2. The number of aromatic nitrogens is 8. The van der Waals surface area contributed by atoms with Crippen molar-refractivity contribution in [3.8, 4) is 0 Å². The molecule has 4 aromatic rings. The van der Waals surface area contributed by atoms with Gasteiger partial charge in [-0.05, 0) is 31.0 Å². The first-order valence-electron chi connectivity index (χ1n) is 20.7. The van der Waals surface area contributed by atoms with Crippen LogP contribution in [0.3, 0.4) is 0 Å². The maximum Gasteiger partial charge on any atom is 0.508 e. The number of ether oxygens (including phenoxy) is 3. The molecule has 1 aliphatic rings. The molecule has 0 aromatic carbocycles. The highest BCUT2D eigenvalue weighted by molar-refractivity contribution is 8.44. The summed E-state index contributed by atoms with van der Waals surface area (Å²) < 4.78 is 67.5. The maximum absolute atomic E-state index is 14.0. The molecule has 1 unspecified atom stereocenters. The summed E-state index contributed by atoms with van der Waals surface area (Å²) in [4.78, 5) is 105. The molecule has 39 heteroatoms. The summed E-state index contributed by atoms with van der Waals surface area (Å²) >= 11 is 8.01. The van der Waals surface area contributed by atoms with Crippen LogP contribution in [0.1, 0.15) is 32.9 Å². The summed E-state index contributed by atoms with van der Waals surface area (Å²) in [6.45, 7) is -7.66. The lowest BCUT2D eigenvalue weighted by atomic mass is 10.0. The zero-order valence-corrected chi connectivity index (χ0v) is 41.5. The number of hydrogen-bond donors (Lipinski definition) is 12. The van der Waals surface area contributed by atoms with E-state index < -0.39 is 118 Å². The number of thiol groups is 2. The van der Waals surface area contributed by atoms with E-state index in [0.717, 1.165) is 30.8 Å². The molecule has 4 aromatic heterocycles. The van der Waals surface area contributed by atoms with Crippen LogP contribution in [-0.4, -0.2) is 146 Å². The smallest absolute Gasteiger partial charge is 0.432 e. The van der Waals surface area contributed by atoms with Gasteiger partial charge in [0, 0.05) is 13.7 Å². The number of rotatable bonds is 25. The maximum atomic E-state index is 14.0. The van der Waals surface area contributed by atoms with Gasteiger partial charge in [-0.1, -0.05) is 31.3 Å². The summed E-state index contributed by atoms with van der Waals surface area (Å²) in [7, 11) is 1.05. The van der Waals surface area contributed by atoms with Crippen molar-refractivity contribution in [2.45, 2.75) is 63.3 Å².